The van der Waals surface area contributed by atoms with Crippen LogP contribution in [0.15, 0.2) is 31.0 Å². The number of nitrogens with one attached hydrogen (secondary N) is 1. The molecule has 0 aliphatic rings. The van der Waals surface area contributed by atoms with Crippen LogP contribution in [0.5, 0.6) is 11.8 Å². The van der Waals surface area contributed by atoms with E-state index in [0.29, 0.717) is 11.5 Å². The number of aromatic nitrogens is 9. The highest BCUT2D eigenvalue weighted by molar-refractivity contribution is 7.93. The van der Waals surface area contributed by atoms with Gasteiger partial charge < -0.3 is 9.47 Å². The van der Waals surface area contributed by atoms with Gasteiger partial charge in [0.25, 0.3) is 0 Å². The van der Waals surface area contributed by atoms with Crippen molar-refractivity contribution in [3.63, 3.8) is 0 Å². The van der Waals surface area contributed by atoms with E-state index in [1.165, 1.54) is 25.1 Å². The molecule has 4 aromatic heterocycles. The summed E-state index contributed by atoms with van der Waals surface area (Å²) in [6.07, 6.45) is 6.28. The summed E-state index contributed by atoms with van der Waals surface area (Å²) in [5, 5.41) is 11.8. The molecule has 0 radical (unpaired) electrons. The molecular weight excluding hydrogens is 488 g/mol. The Hall–Kier alpha value is -4.14. The fraction of sp³-hybridized carbons (Fsp3) is 0.381. The van der Waals surface area contributed by atoms with Gasteiger partial charge in [0, 0.05) is 31.6 Å². The summed E-state index contributed by atoms with van der Waals surface area (Å²) in [6, 6.07) is 1.71. The standard InChI is InChI=1S/C21H26N10O4S/c1-12-9-22-17(23-10-12)13(2)14(3)36(32,33)29-21-27-26-18(15-7-8-30(4)28-15)31(21)16-19(34-5)24-11-25-20(16)35-6/h7-11,13-14H,1-6H3,(H,27,29). The van der Waals surface area contributed by atoms with Gasteiger partial charge in [-0.25, -0.2) is 23.0 Å². The number of aryl methyl sites for hydroxylation is 2. The lowest BCUT2D eigenvalue weighted by atomic mass is 10.1. The van der Waals surface area contributed by atoms with Crippen LogP contribution in [0, 0.1) is 6.92 Å². The topological polar surface area (TPSA) is 165 Å². The van der Waals surface area contributed by atoms with Gasteiger partial charge in [0.1, 0.15) is 17.8 Å². The molecule has 0 aliphatic carbocycles. The van der Waals surface area contributed by atoms with Gasteiger partial charge in [0.2, 0.25) is 27.7 Å². The van der Waals surface area contributed by atoms with Crippen molar-refractivity contribution >= 4 is 16.0 Å². The number of hydrogen-bond acceptors (Lipinski definition) is 11. The molecule has 0 spiro atoms. The van der Waals surface area contributed by atoms with E-state index in [9.17, 15) is 8.42 Å². The smallest absolute Gasteiger partial charge is 0.245 e. The molecule has 0 bridgehead atoms. The van der Waals surface area contributed by atoms with Crippen LogP contribution in [0.25, 0.3) is 17.2 Å². The Morgan fingerprint density at radius 1 is 1.00 bits per heavy atom. The van der Waals surface area contributed by atoms with Crippen LogP contribution in [0.3, 0.4) is 0 Å². The molecule has 36 heavy (non-hydrogen) atoms. The van der Waals surface area contributed by atoms with Crippen LogP contribution < -0.4 is 14.2 Å². The molecule has 190 valence electrons. The first-order chi connectivity index (χ1) is 17.2. The Labute approximate surface area is 207 Å². The molecule has 15 heteroatoms. The Morgan fingerprint density at radius 2 is 1.64 bits per heavy atom. The maximum absolute atomic E-state index is 13.5. The van der Waals surface area contributed by atoms with Crippen molar-refractivity contribution in [2.45, 2.75) is 31.9 Å². The highest BCUT2D eigenvalue weighted by Gasteiger charge is 2.33. The summed E-state index contributed by atoms with van der Waals surface area (Å²) in [6.45, 7) is 5.18. The van der Waals surface area contributed by atoms with Crippen molar-refractivity contribution in [3.8, 4) is 29.0 Å². The van der Waals surface area contributed by atoms with Crippen LogP contribution in [-0.4, -0.2) is 72.4 Å². The van der Waals surface area contributed by atoms with Crippen molar-refractivity contribution < 1.29 is 17.9 Å². The molecule has 2 atom stereocenters. The van der Waals surface area contributed by atoms with E-state index in [1.807, 2.05) is 6.92 Å². The number of hydrogen-bond donors (Lipinski definition) is 1. The minimum absolute atomic E-state index is 0.119. The van der Waals surface area contributed by atoms with Gasteiger partial charge >= 0.3 is 0 Å². The summed E-state index contributed by atoms with van der Waals surface area (Å²) in [5.74, 6) is 0.239. The second-order valence-corrected chi connectivity index (χ2v) is 10.1. The van der Waals surface area contributed by atoms with Crippen LogP contribution in [0.4, 0.5) is 5.95 Å². The lowest BCUT2D eigenvalue weighted by Gasteiger charge is -2.20. The fourth-order valence-corrected chi connectivity index (χ4v) is 4.67. The number of rotatable bonds is 9. The largest absolute Gasteiger partial charge is 0.479 e. The van der Waals surface area contributed by atoms with Gasteiger partial charge in [-0.3, -0.25) is 9.40 Å². The third-order valence-corrected chi connectivity index (χ3v) is 7.46. The fourth-order valence-electron chi connectivity index (χ4n) is 3.44. The van der Waals surface area contributed by atoms with E-state index in [4.69, 9.17) is 9.47 Å². The molecule has 4 rings (SSSR count). The maximum Gasteiger partial charge on any atom is 0.245 e. The third kappa shape index (κ3) is 4.68. The zero-order chi connectivity index (χ0) is 26.0. The third-order valence-electron chi connectivity index (χ3n) is 5.61. The predicted octanol–water partition coefficient (Wildman–Crippen LogP) is 1.51. The van der Waals surface area contributed by atoms with Crippen molar-refractivity contribution in [2.24, 2.45) is 7.05 Å². The Kier molecular flexibility index (Phi) is 6.83. The normalized spacial score (nSPS) is 13.3. The molecule has 4 aromatic rings. The van der Waals surface area contributed by atoms with E-state index < -0.39 is 21.2 Å². The van der Waals surface area contributed by atoms with Gasteiger partial charge in [-0.1, -0.05) is 6.92 Å². The Morgan fingerprint density at radius 3 is 2.19 bits per heavy atom. The molecule has 0 aromatic carbocycles. The van der Waals surface area contributed by atoms with E-state index in [0.717, 1.165) is 5.56 Å². The number of methoxy groups -OCH3 is 2. The molecule has 14 nitrogen and oxygen atoms in total. The summed E-state index contributed by atoms with van der Waals surface area (Å²) in [4.78, 5) is 16.8. The summed E-state index contributed by atoms with van der Waals surface area (Å²) in [7, 11) is 0.585. The van der Waals surface area contributed by atoms with Crippen LogP contribution in [0.1, 0.15) is 31.2 Å². The highest BCUT2D eigenvalue weighted by Crippen LogP contribution is 2.35. The van der Waals surface area contributed by atoms with E-state index in [-0.39, 0.29) is 29.2 Å². The van der Waals surface area contributed by atoms with Crippen LogP contribution >= 0.6 is 0 Å². The minimum Gasteiger partial charge on any atom is -0.479 e. The molecule has 0 saturated carbocycles. The number of nitrogens with zero attached hydrogens (tertiary/aromatic N) is 9. The Balaban J connectivity index is 1.81. The molecule has 2 unspecified atom stereocenters. The molecule has 1 N–H and O–H groups in total. The van der Waals surface area contributed by atoms with Crippen LogP contribution in [0.2, 0.25) is 0 Å². The van der Waals surface area contributed by atoms with Gasteiger partial charge in [0.15, 0.2) is 11.5 Å². The van der Waals surface area contributed by atoms with Crippen molar-refractivity contribution in [1.29, 1.82) is 0 Å². The van der Waals surface area contributed by atoms with Gasteiger partial charge in [-0.2, -0.15) is 15.1 Å². The van der Waals surface area contributed by atoms with E-state index in [2.05, 4.69) is 40.0 Å². The van der Waals surface area contributed by atoms with E-state index >= 15 is 0 Å². The number of anilines is 1. The quantitative estimate of drug-likeness (QED) is 0.344. The summed E-state index contributed by atoms with van der Waals surface area (Å²) >= 11 is 0. The summed E-state index contributed by atoms with van der Waals surface area (Å²) < 4.78 is 43.3. The minimum atomic E-state index is -4.01. The molecular formula is C21H26N10O4S. The average Bonchev–Trinajstić information content (AvgIpc) is 3.48. The van der Waals surface area contributed by atoms with E-state index in [1.54, 1.807) is 50.2 Å². The molecule has 0 saturated heterocycles. The average molecular weight is 515 g/mol. The monoisotopic (exact) mass is 514 g/mol. The molecule has 0 amide bonds. The predicted molar refractivity (Wildman–Crippen MR) is 129 cm³/mol. The SMILES string of the molecule is COc1ncnc(OC)c1-n1c(NS(=O)(=O)C(C)C(C)c2ncc(C)cn2)nnc1-c1ccn(C)n1. The zero-order valence-electron chi connectivity index (χ0n) is 20.6. The van der Waals surface area contributed by atoms with Crippen molar-refractivity contribution in [2.75, 3.05) is 18.9 Å². The molecule has 0 fully saturated rings. The molecule has 4 heterocycles. The van der Waals surface area contributed by atoms with Crippen LogP contribution in [-0.2, 0) is 17.1 Å². The van der Waals surface area contributed by atoms with Crippen molar-refractivity contribution in [3.05, 3.63) is 42.4 Å². The first-order valence-electron chi connectivity index (χ1n) is 10.8. The van der Waals surface area contributed by atoms with Gasteiger partial charge in [0.05, 0.1) is 19.5 Å². The number of ether oxygens (including phenoxy) is 2. The lowest BCUT2D eigenvalue weighted by molar-refractivity contribution is 0.368. The second-order valence-electron chi connectivity index (χ2n) is 8.06. The number of sulfonamides is 1. The Bertz CT molecular complexity index is 1440. The summed E-state index contributed by atoms with van der Waals surface area (Å²) in [5.41, 5.74) is 1.51. The molecule has 0 aliphatic heterocycles. The van der Waals surface area contributed by atoms with Gasteiger partial charge in [-0.05, 0) is 25.5 Å². The first kappa shape index (κ1) is 25.0. The highest BCUT2D eigenvalue weighted by atomic mass is 32.2. The maximum atomic E-state index is 13.5. The van der Waals surface area contributed by atoms with Gasteiger partial charge in [-0.15, -0.1) is 10.2 Å². The second kappa shape index (κ2) is 9.85. The zero-order valence-corrected chi connectivity index (χ0v) is 21.4. The lowest BCUT2D eigenvalue weighted by Crippen LogP contribution is -2.31. The van der Waals surface area contributed by atoms with Crippen molar-refractivity contribution in [1.82, 2.24) is 44.5 Å². The first-order valence-corrected chi connectivity index (χ1v) is 12.4.